The largest absolute Gasteiger partial charge is 0.463 e. The summed E-state index contributed by atoms with van der Waals surface area (Å²) in [7, 11) is 0. The van der Waals surface area contributed by atoms with E-state index in [9.17, 15) is 4.79 Å². The number of ether oxygens (including phenoxy) is 2. The van der Waals surface area contributed by atoms with E-state index in [-0.39, 0.29) is 23.4 Å². The topological polar surface area (TPSA) is 35.5 Å². The molecule has 0 aromatic carbocycles. The Labute approximate surface area is 111 Å². The van der Waals surface area contributed by atoms with Crippen LogP contribution in [-0.4, -0.2) is 25.3 Å². The van der Waals surface area contributed by atoms with Crippen molar-refractivity contribution in [2.24, 2.45) is 17.3 Å². The molecule has 0 aromatic heterocycles. The zero-order chi connectivity index (χ0) is 13.8. The van der Waals surface area contributed by atoms with Crippen LogP contribution >= 0.6 is 0 Å². The van der Waals surface area contributed by atoms with Crippen molar-refractivity contribution in [1.82, 2.24) is 0 Å². The van der Waals surface area contributed by atoms with Gasteiger partial charge in [0.25, 0.3) is 0 Å². The molecule has 106 valence electrons. The number of hydrogen-bond acceptors (Lipinski definition) is 3. The third-order valence-electron chi connectivity index (χ3n) is 4.00. The lowest BCUT2D eigenvalue weighted by Crippen LogP contribution is -2.37. The molecule has 1 fully saturated rings. The van der Waals surface area contributed by atoms with Gasteiger partial charge in [0, 0.05) is 6.61 Å². The molecular formula is C15H28O3. The Morgan fingerprint density at radius 2 is 2.06 bits per heavy atom. The van der Waals surface area contributed by atoms with Gasteiger partial charge in [-0.2, -0.15) is 0 Å². The lowest BCUT2D eigenvalue weighted by Gasteiger charge is -2.33. The molecule has 1 saturated heterocycles. The SMILES string of the molecule is CC(C)CC(C)(C(=O)OCC1CCCO1)C(C)C. The lowest BCUT2D eigenvalue weighted by atomic mass is 9.73. The van der Waals surface area contributed by atoms with Crippen LogP contribution in [0.1, 0.15) is 53.9 Å². The van der Waals surface area contributed by atoms with E-state index in [1.807, 2.05) is 6.92 Å². The highest BCUT2D eigenvalue weighted by Crippen LogP contribution is 2.35. The predicted octanol–water partition coefficient (Wildman–Crippen LogP) is 3.42. The van der Waals surface area contributed by atoms with E-state index >= 15 is 0 Å². The van der Waals surface area contributed by atoms with Gasteiger partial charge in [-0.1, -0.05) is 27.7 Å². The molecule has 0 radical (unpaired) electrons. The summed E-state index contributed by atoms with van der Waals surface area (Å²) in [6.07, 6.45) is 3.07. The van der Waals surface area contributed by atoms with Gasteiger partial charge in [0.1, 0.15) is 6.61 Å². The van der Waals surface area contributed by atoms with Crippen molar-refractivity contribution in [2.45, 2.75) is 60.0 Å². The molecule has 0 aliphatic carbocycles. The smallest absolute Gasteiger partial charge is 0.312 e. The van der Waals surface area contributed by atoms with Crippen LogP contribution in [0.5, 0.6) is 0 Å². The van der Waals surface area contributed by atoms with Gasteiger partial charge in [-0.15, -0.1) is 0 Å². The number of esters is 1. The van der Waals surface area contributed by atoms with Crippen LogP contribution in [0.2, 0.25) is 0 Å². The average Bonchev–Trinajstić information content (AvgIpc) is 2.77. The number of carbonyl (C=O) groups is 1. The number of carbonyl (C=O) groups excluding carboxylic acids is 1. The zero-order valence-electron chi connectivity index (χ0n) is 12.5. The van der Waals surface area contributed by atoms with E-state index in [2.05, 4.69) is 27.7 Å². The molecule has 3 nitrogen and oxygen atoms in total. The molecule has 2 atom stereocenters. The van der Waals surface area contributed by atoms with Gasteiger partial charge in [0.2, 0.25) is 0 Å². The van der Waals surface area contributed by atoms with Crippen LogP contribution in [0.4, 0.5) is 0 Å². The Morgan fingerprint density at radius 3 is 2.50 bits per heavy atom. The second kappa shape index (κ2) is 6.55. The van der Waals surface area contributed by atoms with Crippen LogP contribution in [0.15, 0.2) is 0 Å². The van der Waals surface area contributed by atoms with Crippen LogP contribution in [0.25, 0.3) is 0 Å². The van der Waals surface area contributed by atoms with Gasteiger partial charge in [-0.05, 0) is 38.0 Å². The maximum absolute atomic E-state index is 12.3. The first-order chi connectivity index (χ1) is 8.36. The Hall–Kier alpha value is -0.570. The summed E-state index contributed by atoms with van der Waals surface area (Å²) >= 11 is 0. The first-order valence-corrected chi connectivity index (χ1v) is 7.15. The fraction of sp³-hybridized carbons (Fsp3) is 0.933. The molecule has 0 aromatic rings. The molecule has 0 saturated carbocycles. The van der Waals surface area contributed by atoms with Crippen molar-refractivity contribution in [1.29, 1.82) is 0 Å². The quantitative estimate of drug-likeness (QED) is 0.683. The predicted molar refractivity (Wildman–Crippen MR) is 72.3 cm³/mol. The Balaban J connectivity index is 2.53. The van der Waals surface area contributed by atoms with Crippen molar-refractivity contribution >= 4 is 5.97 Å². The van der Waals surface area contributed by atoms with Crippen molar-refractivity contribution in [2.75, 3.05) is 13.2 Å². The Morgan fingerprint density at radius 1 is 1.39 bits per heavy atom. The van der Waals surface area contributed by atoms with Crippen molar-refractivity contribution < 1.29 is 14.3 Å². The van der Waals surface area contributed by atoms with E-state index in [4.69, 9.17) is 9.47 Å². The van der Waals surface area contributed by atoms with Crippen LogP contribution in [0.3, 0.4) is 0 Å². The van der Waals surface area contributed by atoms with Crippen molar-refractivity contribution in [3.8, 4) is 0 Å². The molecule has 0 spiro atoms. The van der Waals surface area contributed by atoms with Gasteiger partial charge < -0.3 is 9.47 Å². The first-order valence-electron chi connectivity index (χ1n) is 7.15. The summed E-state index contributed by atoms with van der Waals surface area (Å²) in [6, 6.07) is 0. The Kier molecular flexibility index (Phi) is 5.64. The van der Waals surface area contributed by atoms with Gasteiger partial charge >= 0.3 is 5.97 Å². The third kappa shape index (κ3) is 3.98. The zero-order valence-corrected chi connectivity index (χ0v) is 12.5. The molecular weight excluding hydrogens is 228 g/mol. The first kappa shape index (κ1) is 15.5. The molecule has 2 unspecified atom stereocenters. The molecule has 3 heteroatoms. The maximum Gasteiger partial charge on any atom is 0.312 e. The summed E-state index contributed by atoms with van der Waals surface area (Å²) in [6.45, 7) is 11.7. The summed E-state index contributed by atoms with van der Waals surface area (Å²) < 4.78 is 11.0. The minimum absolute atomic E-state index is 0.0679. The molecule has 18 heavy (non-hydrogen) atoms. The molecule has 0 bridgehead atoms. The summed E-state index contributed by atoms with van der Waals surface area (Å²) in [5.74, 6) is 0.714. The third-order valence-corrected chi connectivity index (χ3v) is 4.00. The second-order valence-electron chi connectivity index (χ2n) is 6.40. The van der Waals surface area contributed by atoms with E-state index in [1.165, 1.54) is 0 Å². The summed E-state index contributed by atoms with van der Waals surface area (Å²) in [5, 5.41) is 0. The minimum Gasteiger partial charge on any atom is -0.463 e. The van der Waals surface area contributed by atoms with E-state index in [1.54, 1.807) is 0 Å². The highest BCUT2D eigenvalue weighted by Gasteiger charge is 2.39. The fourth-order valence-electron chi connectivity index (χ4n) is 2.51. The molecule has 1 rings (SSSR count). The summed E-state index contributed by atoms with van der Waals surface area (Å²) in [5.41, 5.74) is -0.382. The molecule has 1 aliphatic heterocycles. The van der Waals surface area contributed by atoms with Gasteiger partial charge in [-0.3, -0.25) is 4.79 Å². The number of rotatable bonds is 6. The van der Waals surface area contributed by atoms with Crippen LogP contribution in [0, 0.1) is 17.3 Å². The highest BCUT2D eigenvalue weighted by atomic mass is 16.6. The molecule has 0 amide bonds. The minimum atomic E-state index is -0.382. The lowest BCUT2D eigenvalue weighted by molar-refractivity contribution is -0.162. The van der Waals surface area contributed by atoms with E-state index in [0.717, 1.165) is 25.9 Å². The van der Waals surface area contributed by atoms with Crippen LogP contribution in [-0.2, 0) is 14.3 Å². The molecule has 1 heterocycles. The average molecular weight is 256 g/mol. The van der Waals surface area contributed by atoms with Gasteiger partial charge in [0.05, 0.1) is 11.5 Å². The fourth-order valence-corrected chi connectivity index (χ4v) is 2.51. The van der Waals surface area contributed by atoms with Gasteiger partial charge in [0.15, 0.2) is 0 Å². The normalized spacial score (nSPS) is 23.4. The standard InChI is InChI=1S/C15H28O3/c1-11(2)9-15(5,12(3)4)14(16)18-10-13-7-6-8-17-13/h11-13H,6-10H2,1-5H3. The highest BCUT2D eigenvalue weighted by molar-refractivity contribution is 5.76. The van der Waals surface area contributed by atoms with Crippen molar-refractivity contribution in [3.63, 3.8) is 0 Å². The van der Waals surface area contributed by atoms with Crippen LogP contribution < -0.4 is 0 Å². The molecule has 1 aliphatic rings. The van der Waals surface area contributed by atoms with Crippen molar-refractivity contribution in [3.05, 3.63) is 0 Å². The summed E-state index contributed by atoms with van der Waals surface area (Å²) in [4.78, 5) is 12.3. The van der Waals surface area contributed by atoms with E-state index < -0.39 is 0 Å². The number of hydrogen-bond donors (Lipinski definition) is 0. The second-order valence-corrected chi connectivity index (χ2v) is 6.40. The van der Waals surface area contributed by atoms with E-state index in [0.29, 0.717) is 12.5 Å². The monoisotopic (exact) mass is 256 g/mol. The molecule has 0 N–H and O–H groups in total. The van der Waals surface area contributed by atoms with Gasteiger partial charge in [-0.25, -0.2) is 0 Å². The maximum atomic E-state index is 12.3. The Bertz CT molecular complexity index is 267.